The van der Waals surface area contributed by atoms with Crippen LogP contribution in [0, 0.1) is 17.1 Å². The van der Waals surface area contributed by atoms with Gasteiger partial charge in [0.1, 0.15) is 11.6 Å². The Labute approximate surface area is 153 Å². The first-order valence-electron chi connectivity index (χ1n) is 7.72. The van der Waals surface area contributed by atoms with Crippen LogP contribution in [-0.2, 0) is 9.59 Å². The molecule has 132 valence electrons. The van der Waals surface area contributed by atoms with Gasteiger partial charge in [-0.3, -0.25) is 9.59 Å². The van der Waals surface area contributed by atoms with E-state index in [9.17, 15) is 19.2 Å². The normalized spacial score (nSPS) is 16.8. The van der Waals surface area contributed by atoms with Crippen molar-refractivity contribution in [1.82, 2.24) is 5.32 Å². The molecule has 2 heterocycles. The fourth-order valence-electron chi connectivity index (χ4n) is 2.53. The van der Waals surface area contributed by atoms with Crippen LogP contribution in [0.25, 0.3) is 0 Å². The molecule has 1 aromatic carbocycles. The highest BCUT2D eigenvalue weighted by molar-refractivity contribution is 8.03. The molecule has 1 atom stereocenters. The number of carbonyl (C=O) groups excluding carboxylic acids is 2. The molecule has 0 aliphatic carbocycles. The molecule has 2 aromatic rings. The maximum Gasteiger partial charge on any atom is 0.234 e. The number of benzene rings is 1. The number of nitriles is 1. The number of nitrogens with one attached hydrogen (secondary N) is 2. The van der Waals surface area contributed by atoms with Crippen LogP contribution < -0.4 is 10.6 Å². The third-order valence-corrected chi connectivity index (χ3v) is 4.74. The summed E-state index contributed by atoms with van der Waals surface area (Å²) in [5, 5.41) is 15.1. The van der Waals surface area contributed by atoms with Crippen molar-refractivity contribution in [2.24, 2.45) is 0 Å². The Kier molecular flexibility index (Phi) is 5.39. The lowest BCUT2D eigenvalue weighted by atomic mass is 9.92. The van der Waals surface area contributed by atoms with Gasteiger partial charge in [-0.05, 0) is 36.4 Å². The predicted octanol–water partition coefficient (Wildman–Crippen LogP) is 3.13. The number of allylic oxidation sites excluding steroid dienone is 1. The van der Waals surface area contributed by atoms with Crippen molar-refractivity contribution in [2.75, 3.05) is 11.1 Å². The molecule has 1 aliphatic heterocycles. The molecule has 6 nitrogen and oxygen atoms in total. The van der Waals surface area contributed by atoms with Crippen molar-refractivity contribution in [1.29, 1.82) is 5.26 Å². The standard InChI is InChI=1S/C18H14FN3O3S/c19-11-3-5-12(6-4-11)21-17(24)10-26-18-14(9-20)13(8-16(23)22-18)15-2-1-7-25-15/h1-7,13H,8,10H2,(H,21,24)(H,22,23). The maximum absolute atomic E-state index is 12.9. The molecule has 2 N–H and O–H groups in total. The van der Waals surface area contributed by atoms with Crippen molar-refractivity contribution in [3.05, 3.63) is 64.8 Å². The van der Waals surface area contributed by atoms with Gasteiger partial charge in [-0.1, -0.05) is 11.8 Å². The minimum atomic E-state index is -0.466. The number of amides is 2. The van der Waals surface area contributed by atoms with Crippen molar-refractivity contribution in [2.45, 2.75) is 12.3 Å². The molecule has 0 spiro atoms. The van der Waals surface area contributed by atoms with Gasteiger partial charge in [-0.15, -0.1) is 0 Å². The van der Waals surface area contributed by atoms with Gasteiger partial charge in [0, 0.05) is 12.1 Å². The second-order valence-electron chi connectivity index (χ2n) is 5.52. The highest BCUT2D eigenvalue weighted by Crippen LogP contribution is 2.36. The number of hydrogen-bond donors (Lipinski definition) is 2. The molecule has 0 bridgehead atoms. The van der Waals surface area contributed by atoms with Crippen molar-refractivity contribution in [3.8, 4) is 6.07 Å². The summed E-state index contributed by atoms with van der Waals surface area (Å²) in [5.74, 6) is -0.914. The number of anilines is 1. The van der Waals surface area contributed by atoms with Crippen LogP contribution in [0.3, 0.4) is 0 Å². The Balaban J connectivity index is 1.70. The summed E-state index contributed by atoms with van der Waals surface area (Å²) in [5.41, 5.74) is 0.826. The molecule has 0 radical (unpaired) electrons. The molecular weight excluding hydrogens is 357 g/mol. The maximum atomic E-state index is 12.9. The van der Waals surface area contributed by atoms with Crippen LogP contribution in [0.15, 0.2) is 57.7 Å². The molecule has 0 saturated carbocycles. The van der Waals surface area contributed by atoms with Gasteiger partial charge in [0.05, 0.1) is 34.6 Å². The molecule has 0 fully saturated rings. The Bertz CT molecular complexity index is 885. The summed E-state index contributed by atoms with van der Waals surface area (Å²) in [7, 11) is 0. The lowest BCUT2D eigenvalue weighted by Crippen LogP contribution is -2.31. The first-order chi connectivity index (χ1) is 12.6. The van der Waals surface area contributed by atoms with E-state index in [2.05, 4.69) is 16.7 Å². The quantitative estimate of drug-likeness (QED) is 0.842. The van der Waals surface area contributed by atoms with Crippen molar-refractivity contribution in [3.63, 3.8) is 0 Å². The molecule has 8 heteroatoms. The average molecular weight is 371 g/mol. The number of rotatable bonds is 5. The third-order valence-electron chi connectivity index (χ3n) is 3.72. The zero-order chi connectivity index (χ0) is 18.5. The predicted molar refractivity (Wildman–Crippen MR) is 94.3 cm³/mol. The van der Waals surface area contributed by atoms with Gasteiger partial charge in [0.2, 0.25) is 11.8 Å². The zero-order valence-corrected chi connectivity index (χ0v) is 14.3. The van der Waals surface area contributed by atoms with Gasteiger partial charge in [0.15, 0.2) is 0 Å². The summed E-state index contributed by atoms with van der Waals surface area (Å²) in [6.45, 7) is 0. The Morgan fingerprint density at radius 2 is 2.15 bits per heavy atom. The van der Waals surface area contributed by atoms with Crippen LogP contribution in [0.1, 0.15) is 18.1 Å². The monoisotopic (exact) mass is 371 g/mol. The van der Waals surface area contributed by atoms with E-state index < -0.39 is 11.7 Å². The van der Waals surface area contributed by atoms with Crippen molar-refractivity contribution < 1.29 is 18.4 Å². The number of furan rings is 1. The van der Waals surface area contributed by atoms with E-state index in [1.165, 1.54) is 30.5 Å². The van der Waals surface area contributed by atoms with Crippen LogP contribution in [0.4, 0.5) is 10.1 Å². The Morgan fingerprint density at radius 3 is 2.81 bits per heavy atom. The molecular formula is C18H14FN3O3S. The van der Waals surface area contributed by atoms with E-state index in [0.29, 0.717) is 22.0 Å². The molecule has 2 amide bonds. The lowest BCUT2D eigenvalue weighted by molar-refractivity contribution is -0.121. The average Bonchev–Trinajstić information content (AvgIpc) is 3.16. The molecule has 1 aliphatic rings. The fraction of sp³-hybridized carbons (Fsp3) is 0.167. The minimum absolute atomic E-state index is 0.0109. The van der Waals surface area contributed by atoms with Crippen LogP contribution in [0.2, 0.25) is 0 Å². The summed E-state index contributed by atoms with van der Waals surface area (Å²) in [6.07, 6.45) is 1.60. The van der Waals surface area contributed by atoms with Crippen LogP contribution in [-0.4, -0.2) is 17.6 Å². The van der Waals surface area contributed by atoms with Gasteiger partial charge in [-0.2, -0.15) is 5.26 Å². The molecule has 1 unspecified atom stereocenters. The molecule has 3 rings (SSSR count). The first kappa shape index (κ1) is 17.8. The van der Waals surface area contributed by atoms with E-state index in [1.54, 1.807) is 12.1 Å². The SMILES string of the molecule is N#CC1=C(SCC(=O)Nc2ccc(F)cc2)NC(=O)CC1c1ccco1. The molecule has 0 saturated heterocycles. The van der Waals surface area contributed by atoms with E-state index in [0.717, 1.165) is 11.8 Å². The van der Waals surface area contributed by atoms with Crippen LogP contribution in [0.5, 0.6) is 0 Å². The van der Waals surface area contributed by atoms with Gasteiger partial charge in [-0.25, -0.2) is 4.39 Å². The summed E-state index contributed by atoms with van der Waals surface area (Å²) in [4.78, 5) is 24.0. The topological polar surface area (TPSA) is 95.1 Å². The first-order valence-corrected chi connectivity index (χ1v) is 8.71. The minimum Gasteiger partial charge on any atom is -0.469 e. The van der Waals surface area contributed by atoms with E-state index in [4.69, 9.17) is 4.42 Å². The number of thioether (sulfide) groups is 1. The largest absolute Gasteiger partial charge is 0.469 e. The van der Waals surface area contributed by atoms with Gasteiger partial charge >= 0.3 is 0 Å². The van der Waals surface area contributed by atoms with Gasteiger partial charge < -0.3 is 15.1 Å². The third kappa shape index (κ3) is 4.13. The second-order valence-corrected chi connectivity index (χ2v) is 6.50. The van der Waals surface area contributed by atoms with E-state index >= 15 is 0 Å². The summed E-state index contributed by atoms with van der Waals surface area (Å²) in [6, 6.07) is 10.9. The van der Waals surface area contributed by atoms with E-state index in [-0.39, 0.29) is 24.0 Å². The Morgan fingerprint density at radius 1 is 1.38 bits per heavy atom. The zero-order valence-electron chi connectivity index (χ0n) is 13.5. The fourth-order valence-corrected chi connectivity index (χ4v) is 3.41. The lowest BCUT2D eigenvalue weighted by Gasteiger charge is -2.23. The Hall–Kier alpha value is -3.05. The van der Waals surface area contributed by atoms with E-state index in [1.807, 2.05) is 0 Å². The molecule has 1 aromatic heterocycles. The number of nitrogens with zero attached hydrogens (tertiary/aromatic N) is 1. The number of carbonyl (C=O) groups is 2. The summed E-state index contributed by atoms with van der Waals surface area (Å²) >= 11 is 1.06. The highest BCUT2D eigenvalue weighted by Gasteiger charge is 2.31. The number of hydrogen-bond acceptors (Lipinski definition) is 5. The second kappa shape index (κ2) is 7.89. The summed E-state index contributed by atoms with van der Waals surface area (Å²) < 4.78 is 18.2. The number of halogens is 1. The molecule has 26 heavy (non-hydrogen) atoms. The highest BCUT2D eigenvalue weighted by atomic mass is 32.2. The van der Waals surface area contributed by atoms with Crippen LogP contribution >= 0.6 is 11.8 Å². The smallest absolute Gasteiger partial charge is 0.234 e. The van der Waals surface area contributed by atoms with Crippen molar-refractivity contribution >= 4 is 29.3 Å². The van der Waals surface area contributed by atoms with Gasteiger partial charge in [0.25, 0.3) is 0 Å².